The highest BCUT2D eigenvalue weighted by atomic mass is 79.9. The number of aromatic amines is 1. The minimum Gasteiger partial charge on any atom is -0.455 e. The molecule has 11 heteroatoms. The lowest BCUT2D eigenvalue weighted by atomic mass is 10.0. The largest absolute Gasteiger partial charge is 0.455 e. The second-order valence-electron chi connectivity index (χ2n) is 9.55. The van der Waals surface area contributed by atoms with Crippen molar-refractivity contribution in [2.45, 2.75) is 32.7 Å². The molecule has 41 heavy (non-hydrogen) atoms. The minimum absolute atomic E-state index is 0.465. The maximum atomic E-state index is 12.4. The van der Waals surface area contributed by atoms with Crippen LogP contribution >= 0.6 is 27.3 Å². The number of carbonyl (C=O) groups is 1. The summed E-state index contributed by atoms with van der Waals surface area (Å²) in [7, 11) is 0. The zero-order valence-corrected chi connectivity index (χ0v) is 24.6. The standard InChI is InChI=1S/C30H26BrN7O2S/c1-2-3-10-26-33-16-19(15-23(29(32)39)25-9-6-13-41-25)38(26)17-18-11-12-24-22(14-18)27(31)28(40-24)20-7-4-5-8-21(20)30-34-36-37-35-30/h4-9,11-16H,2-3,10,17H2,1H3,(H2,32,39)(H,34,35,36,37)/b23-15-. The number of halogens is 1. The third-order valence-electron chi connectivity index (χ3n) is 6.86. The van der Waals surface area contributed by atoms with Crippen molar-refractivity contribution in [3.8, 4) is 22.7 Å². The predicted molar refractivity (Wildman–Crippen MR) is 164 cm³/mol. The lowest BCUT2D eigenvalue weighted by Crippen LogP contribution is -2.13. The van der Waals surface area contributed by atoms with E-state index in [4.69, 9.17) is 15.1 Å². The molecule has 6 rings (SSSR count). The van der Waals surface area contributed by atoms with Gasteiger partial charge in [-0.1, -0.05) is 49.7 Å². The van der Waals surface area contributed by atoms with Crippen molar-refractivity contribution < 1.29 is 9.21 Å². The summed E-state index contributed by atoms with van der Waals surface area (Å²) in [6.45, 7) is 2.73. The van der Waals surface area contributed by atoms with E-state index >= 15 is 0 Å². The average molecular weight is 629 g/mol. The number of thiophene rings is 1. The fourth-order valence-electron chi connectivity index (χ4n) is 4.83. The van der Waals surface area contributed by atoms with Crippen molar-refractivity contribution in [3.63, 3.8) is 0 Å². The van der Waals surface area contributed by atoms with Crippen molar-refractivity contribution in [2.75, 3.05) is 0 Å². The number of imidazole rings is 1. The Labute approximate surface area is 248 Å². The van der Waals surface area contributed by atoms with Crippen LogP contribution in [0.5, 0.6) is 0 Å². The van der Waals surface area contributed by atoms with Crippen LogP contribution in [-0.4, -0.2) is 36.1 Å². The molecular weight excluding hydrogens is 602 g/mol. The van der Waals surface area contributed by atoms with Gasteiger partial charge in [0.1, 0.15) is 17.2 Å². The molecule has 3 N–H and O–H groups in total. The number of fused-ring (bicyclic) bond motifs is 1. The Kier molecular flexibility index (Phi) is 7.62. The van der Waals surface area contributed by atoms with Crippen molar-refractivity contribution in [2.24, 2.45) is 5.73 Å². The lowest BCUT2D eigenvalue weighted by molar-refractivity contribution is -0.112. The molecule has 2 aromatic carbocycles. The zero-order valence-electron chi connectivity index (χ0n) is 22.2. The van der Waals surface area contributed by atoms with Gasteiger partial charge in [0.25, 0.3) is 0 Å². The molecule has 0 fully saturated rings. The van der Waals surface area contributed by atoms with Gasteiger partial charge in [0, 0.05) is 34.4 Å². The molecule has 1 amide bonds. The van der Waals surface area contributed by atoms with Gasteiger partial charge in [-0.15, -0.1) is 21.5 Å². The van der Waals surface area contributed by atoms with Gasteiger partial charge in [0.2, 0.25) is 11.7 Å². The van der Waals surface area contributed by atoms with Gasteiger partial charge in [-0.25, -0.2) is 4.98 Å². The summed E-state index contributed by atoms with van der Waals surface area (Å²) in [5, 5.41) is 17.4. The number of H-pyrrole nitrogens is 1. The molecule has 206 valence electrons. The maximum absolute atomic E-state index is 12.4. The Bertz CT molecular complexity index is 1850. The topological polar surface area (TPSA) is 129 Å². The van der Waals surface area contributed by atoms with E-state index in [1.807, 2.05) is 60.1 Å². The number of rotatable bonds is 10. The first-order chi connectivity index (χ1) is 20.0. The molecule has 9 nitrogen and oxygen atoms in total. The molecule has 0 bridgehead atoms. The van der Waals surface area contributed by atoms with Crippen molar-refractivity contribution in [1.82, 2.24) is 30.2 Å². The van der Waals surface area contributed by atoms with Gasteiger partial charge >= 0.3 is 0 Å². The number of furan rings is 1. The lowest BCUT2D eigenvalue weighted by Gasteiger charge is -2.12. The summed E-state index contributed by atoms with van der Waals surface area (Å²) in [6, 6.07) is 17.8. The monoisotopic (exact) mass is 627 g/mol. The van der Waals surface area contributed by atoms with Crippen LogP contribution in [0.3, 0.4) is 0 Å². The van der Waals surface area contributed by atoms with Crippen molar-refractivity contribution in [1.29, 1.82) is 0 Å². The van der Waals surface area contributed by atoms with Gasteiger partial charge in [-0.2, -0.15) is 5.21 Å². The number of primary amides is 1. The molecule has 0 atom stereocenters. The second-order valence-corrected chi connectivity index (χ2v) is 11.3. The van der Waals surface area contributed by atoms with Gasteiger partial charge in [-0.05, 0) is 62.8 Å². The number of benzene rings is 2. The third-order valence-corrected chi connectivity index (χ3v) is 8.55. The number of nitrogens with one attached hydrogen (secondary N) is 1. The van der Waals surface area contributed by atoms with Gasteiger partial charge in [0.15, 0.2) is 0 Å². The number of tetrazole rings is 1. The maximum Gasteiger partial charge on any atom is 0.250 e. The third kappa shape index (κ3) is 5.38. The molecule has 4 heterocycles. The second kappa shape index (κ2) is 11.6. The summed E-state index contributed by atoms with van der Waals surface area (Å²) < 4.78 is 9.33. The van der Waals surface area contributed by atoms with Crippen LogP contribution in [0.2, 0.25) is 0 Å². The number of carbonyl (C=O) groups excluding carboxylic acids is 1. The molecule has 6 aromatic rings. The highest BCUT2D eigenvalue weighted by Gasteiger charge is 2.20. The van der Waals surface area contributed by atoms with Gasteiger partial charge in [0.05, 0.1) is 21.9 Å². The summed E-state index contributed by atoms with van der Waals surface area (Å²) in [4.78, 5) is 17.9. The fourth-order valence-corrected chi connectivity index (χ4v) is 6.18. The quantitative estimate of drug-likeness (QED) is 0.162. The number of aryl methyl sites for hydroxylation is 1. The molecule has 0 saturated carbocycles. The van der Waals surface area contributed by atoms with E-state index in [1.165, 1.54) is 11.3 Å². The summed E-state index contributed by atoms with van der Waals surface area (Å²) in [6.07, 6.45) is 6.58. The van der Waals surface area contributed by atoms with Crippen LogP contribution in [0.15, 0.2) is 75.1 Å². The van der Waals surface area contributed by atoms with Crippen LogP contribution in [-0.2, 0) is 17.8 Å². The number of hydrogen-bond donors (Lipinski definition) is 2. The fraction of sp³-hybridized carbons (Fsp3) is 0.167. The molecule has 0 saturated heterocycles. The van der Waals surface area contributed by atoms with E-state index in [0.717, 1.165) is 67.8 Å². The molecule has 0 aliphatic rings. The number of aromatic nitrogens is 6. The molecule has 0 aliphatic heterocycles. The summed E-state index contributed by atoms with van der Waals surface area (Å²) in [5.41, 5.74) is 10.6. The molecule has 0 spiro atoms. The van der Waals surface area contributed by atoms with Crippen LogP contribution < -0.4 is 5.73 Å². The van der Waals surface area contributed by atoms with E-state index in [1.54, 1.807) is 0 Å². The highest BCUT2D eigenvalue weighted by molar-refractivity contribution is 9.10. The van der Waals surface area contributed by atoms with Gasteiger partial charge < -0.3 is 14.7 Å². The highest BCUT2D eigenvalue weighted by Crippen LogP contribution is 2.41. The first-order valence-corrected chi connectivity index (χ1v) is 14.8. The Morgan fingerprint density at radius 1 is 1.17 bits per heavy atom. The van der Waals surface area contributed by atoms with Crippen LogP contribution in [0.4, 0.5) is 0 Å². The van der Waals surface area contributed by atoms with Crippen LogP contribution in [0.1, 0.15) is 41.7 Å². The summed E-state index contributed by atoms with van der Waals surface area (Å²) >= 11 is 5.28. The van der Waals surface area contributed by atoms with Crippen molar-refractivity contribution >= 4 is 55.8 Å². The Morgan fingerprint density at radius 2 is 2.02 bits per heavy atom. The number of amides is 1. The Balaban J connectivity index is 1.40. The Hall–Kier alpha value is -4.35. The normalized spacial score (nSPS) is 11.9. The summed E-state index contributed by atoms with van der Waals surface area (Å²) in [5.74, 6) is 1.68. The minimum atomic E-state index is -0.465. The first-order valence-electron chi connectivity index (χ1n) is 13.2. The van der Waals surface area contributed by atoms with Gasteiger partial charge in [-0.3, -0.25) is 4.79 Å². The molecule has 0 aliphatic carbocycles. The smallest absolute Gasteiger partial charge is 0.250 e. The molecule has 4 aromatic heterocycles. The average Bonchev–Trinajstić information content (AvgIpc) is 3.80. The van der Waals surface area contributed by atoms with E-state index in [-0.39, 0.29) is 0 Å². The predicted octanol–water partition coefficient (Wildman–Crippen LogP) is 6.72. The Morgan fingerprint density at radius 3 is 2.76 bits per heavy atom. The number of hydrogen-bond acceptors (Lipinski definition) is 7. The molecular formula is C30H26BrN7O2S. The molecule has 0 unspecified atom stereocenters. The number of nitrogens with two attached hydrogens (primary N) is 1. The number of unbranched alkanes of at least 4 members (excludes halogenated alkanes) is 1. The van der Waals surface area contributed by atoms with Crippen LogP contribution in [0.25, 0.3) is 45.3 Å². The molecule has 0 radical (unpaired) electrons. The van der Waals surface area contributed by atoms with E-state index in [9.17, 15) is 4.79 Å². The van der Waals surface area contributed by atoms with Crippen molar-refractivity contribution in [3.05, 3.63) is 92.6 Å². The van der Waals surface area contributed by atoms with E-state index < -0.39 is 5.91 Å². The van der Waals surface area contributed by atoms with E-state index in [0.29, 0.717) is 23.7 Å². The first kappa shape index (κ1) is 26.9. The van der Waals surface area contributed by atoms with E-state index in [2.05, 4.69) is 60.2 Å². The van der Waals surface area contributed by atoms with Crippen LogP contribution in [0, 0.1) is 0 Å². The SMILES string of the molecule is CCCCc1ncc(/C=C(\C(N)=O)c2cccs2)n1Cc1ccc2oc(-c3ccccc3-c3nn[nH]n3)c(Br)c2c1. The zero-order chi connectivity index (χ0) is 28.3. The number of nitrogens with zero attached hydrogens (tertiary/aromatic N) is 5.